The van der Waals surface area contributed by atoms with E-state index in [0.717, 1.165) is 19.3 Å². The second kappa shape index (κ2) is 4.67. The van der Waals surface area contributed by atoms with E-state index in [-0.39, 0.29) is 0 Å². The van der Waals surface area contributed by atoms with Gasteiger partial charge in [-0.15, -0.1) is 23.4 Å². The lowest BCUT2D eigenvalue weighted by Crippen LogP contribution is -2.44. The molecule has 1 heterocycles. The first-order chi connectivity index (χ1) is 8.10. The molecule has 0 bridgehead atoms. The van der Waals surface area contributed by atoms with Crippen molar-refractivity contribution in [1.29, 1.82) is 0 Å². The lowest BCUT2D eigenvalue weighted by atomic mass is 9.93. The lowest BCUT2D eigenvalue weighted by Gasteiger charge is -2.30. The smallest absolute Gasteiger partial charge is 0.137 e. The van der Waals surface area contributed by atoms with Gasteiger partial charge in [0, 0.05) is 12.8 Å². The molecule has 1 saturated carbocycles. The number of aliphatic hydroxyl groups is 1. The van der Waals surface area contributed by atoms with Crippen molar-refractivity contribution in [2.45, 2.75) is 49.6 Å². The molecule has 17 heavy (non-hydrogen) atoms. The molecule has 1 atom stereocenters. The second-order valence-electron chi connectivity index (χ2n) is 4.47. The van der Waals surface area contributed by atoms with E-state index < -0.39 is 10.5 Å². The highest BCUT2D eigenvalue weighted by Crippen LogP contribution is 2.52. The number of rotatable bonds is 4. The molecular weight excluding hydrogens is 238 g/mol. The zero-order valence-corrected chi connectivity index (χ0v) is 10.6. The highest BCUT2D eigenvalue weighted by molar-refractivity contribution is 6.26. The normalized spacial score (nSPS) is 20.2. The van der Waals surface area contributed by atoms with Gasteiger partial charge in [-0.1, -0.05) is 6.92 Å². The van der Waals surface area contributed by atoms with Crippen molar-refractivity contribution in [1.82, 2.24) is 14.8 Å². The largest absolute Gasteiger partial charge is 0.385 e. The quantitative estimate of drug-likeness (QED) is 0.655. The molecule has 5 heteroatoms. The fourth-order valence-corrected chi connectivity index (χ4v) is 2.07. The van der Waals surface area contributed by atoms with Gasteiger partial charge in [-0.25, -0.2) is 9.67 Å². The molecule has 92 valence electrons. The van der Waals surface area contributed by atoms with E-state index in [9.17, 15) is 5.11 Å². The van der Waals surface area contributed by atoms with Gasteiger partial charge in [0.1, 0.15) is 18.3 Å². The summed E-state index contributed by atoms with van der Waals surface area (Å²) in [6.07, 6.45) is 5.85. The Morgan fingerprint density at radius 1 is 1.53 bits per heavy atom. The Kier molecular flexibility index (Phi) is 3.41. The van der Waals surface area contributed by atoms with E-state index in [4.69, 9.17) is 11.6 Å². The Bertz CT molecular complexity index is 430. The van der Waals surface area contributed by atoms with Crippen LogP contribution >= 0.6 is 11.6 Å². The maximum atomic E-state index is 10.7. The Balaban J connectivity index is 2.12. The second-order valence-corrected chi connectivity index (χ2v) is 5.20. The Hall–Kier alpha value is -1.05. The summed E-state index contributed by atoms with van der Waals surface area (Å²) < 4.78 is 1.61. The van der Waals surface area contributed by atoms with Crippen molar-refractivity contribution in [2.75, 3.05) is 0 Å². The van der Waals surface area contributed by atoms with Crippen LogP contribution in [0.2, 0.25) is 0 Å². The van der Waals surface area contributed by atoms with Crippen LogP contribution in [0.25, 0.3) is 0 Å². The van der Waals surface area contributed by atoms with Crippen LogP contribution in [0.5, 0.6) is 0 Å². The molecule has 1 fully saturated rings. The van der Waals surface area contributed by atoms with Gasteiger partial charge in [-0.3, -0.25) is 0 Å². The number of aromatic nitrogens is 3. The predicted octanol–water partition coefficient (Wildman–Crippen LogP) is 1.58. The molecule has 2 rings (SSSR count). The van der Waals surface area contributed by atoms with Crippen molar-refractivity contribution in [3.05, 3.63) is 12.7 Å². The molecule has 0 saturated heterocycles. The third-order valence-electron chi connectivity index (χ3n) is 3.10. The van der Waals surface area contributed by atoms with Crippen LogP contribution in [0.15, 0.2) is 12.7 Å². The Morgan fingerprint density at radius 3 is 2.82 bits per heavy atom. The van der Waals surface area contributed by atoms with E-state index in [2.05, 4.69) is 21.9 Å². The van der Waals surface area contributed by atoms with Crippen molar-refractivity contribution >= 4 is 11.6 Å². The number of nitrogens with zero attached hydrogens (tertiary/aromatic N) is 3. The van der Waals surface area contributed by atoms with Gasteiger partial charge in [-0.2, -0.15) is 5.10 Å². The van der Waals surface area contributed by atoms with E-state index in [0.29, 0.717) is 13.0 Å². The van der Waals surface area contributed by atoms with E-state index >= 15 is 0 Å². The van der Waals surface area contributed by atoms with Gasteiger partial charge in [0.15, 0.2) is 0 Å². The number of alkyl halides is 1. The lowest BCUT2D eigenvalue weighted by molar-refractivity contribution is 0.0122. The molecule has 0 unspecified atom stereocenters. The molecule has 0 amide bonds. The monoisotopic (exact) mass is 253 g/mol. The highest BCUT2D eigenvalue weighted by Gasteiger charge is 2.57. The summed E-state index contributed by atoms with van der Waals surface area (Å²) >= 11 is 6.37. The van der Waals surface area contributed by atoms with Crippen LogP contribution in [-0.4, -0.2) is 30.3 Å². The molecule has 1 aliphatic rings. The summed E-state index contributed by atoms with van der Waals surface area (Å²) in [5.41, 5.74) is -1.02. The number of halogens is 1. The van der Waals surface area contributed by atoms with Gasteiger partial charge in [0.25, 0.3) is 0 Å². The molecule has 1 aromatic heterocycles. The summed E-state index contributed by atoms with van der Waals surface area (Å²) in [6.45, 7) is 2.33. The zero-order valence-electron chi connectivity index (χ0n) is 9.86. The van der Waals surface area contributed by atoms with E-state index in [1.807, 2.05) is 6.92 Å². The number of hydrogen-bond donors (Lipinski definition) is 1. The molecule has 0 aliphatic heterocycles. The third-order valence-corrected chi connectivity index (χ3v) is 3.83. The summed E-state index contributed by atoms with van der Waals surface area (Å²) in [7, 11) is 0. The maximum absolute atomic E-state index is 10.7. The average Bonchev–Trinajstić information content (AvgIpc) is 2.86. The molecule has 4 nitrogen and oxygen atoms in total. The van der Waals surface area contributed by atoms with Gasteiger partial charge < -0.3 is 5.11 Å². The SMILES string of the molecule is CCC#CC[C@@](O)(Cn1cncn1)C1(Cl)CC1. The minimum Gasteiger partial charge on any atom is -0.385 e. The van der Waals surface area contributed by atoms with Gasteiger partial charge in [-0.05, 0) is 12.8 Å². The summed E-state index contributed by atoms with van der Waals surface area (Å²) in [5, 5.41) is 14.7. The fraction of sp³-hybridized carbons (Fsp3) is 0.667. The average molecular weight is 254 g/mol. The van der Waals surface area contributed by atoms with Crippen LogP contribution in [0, 0.1) is 11.8 Å². The Morgan fingerprint density at radius 2 is 2.29 bits per heavy atom. The van der Waals surface area contributed by atoms with E-state index in [1.54, 1.807) is 11.0 Å². The third kappa shape index (κ3) is 2.62. The zero-order chi connectivity index (χ0) is 12.4. The van der Waals surface area contributed by atoms with Crippen LogP contribution in [0.3, 0.4) is 0 Å². The molecule has 1 aromatic rings. The maximum Gasteiger partial charge on any atom is 0.137 e. The van der Waals surface area contributed by atoms with E-state index in [1.165, 1.54) is 6.33 Å². The molecule has 0 spiro atoms. The van der Waals surface area contributed by atoms with Gasteiger partial charge >= 0.3 is 0 Å². The highest BCUT2D eigenvalue weighted by atomic mass is 35.5. The summed E-state index contributed by atoms with van der Waals surface area (Å²) in [4.78, 5) is 3.33. The predicted molar refractivity (Wildman–Crippen MR) is 65.5 cm³/mol. The standard InChI is InChI=1S/C12H16ClN3O/c1-2-3-4-5-12(17,11(13)6-7-11)8-16-10-14-9-15-16/h9-10,17H,2,5-8H2,1H3/t12-/m1/s1. The first-order valence-corrected chi connectivity index (χ1v) is 6.17. The van der Waals surface area contributed by atoms with Crippen molar-refractivity contribution in [3.8, 4) is 11.8 Å². The van der Waals surface area contributed by atoms with Crippen LogP contribution in [-0.2, 0) is 6.54 Å². The van der Waals surface area contributed by atoms with Crippen molar-refractivity contribution in [3.63, 3.8) is 0 Å². The topological polar surface area (TPSA) is 50.9 Å². The fourth-order valence-electron chi connectivity index (χ4n) is 1.85. The van der Waals surface area contributed by atoms with Gasteiger partial charge in [0.05, 0.1) is 11.4 Å². The molecular formula is C12H16ClN3O. The molecule has 1 N–H and O–H groups in total. The Labute approximate surface area is 106 Å². The van der Waals surface area contributed by atoms with Crippen LogP contribution < -0.4 is 0 Å². The minimum absolute atomic E-state index is 0.342. The van der Waals surface area contributed by atoms with Gasteiger partial charge in [0.2, 0.25) is 0 Å². The van der Waals surface area contributed by atoms with Crippen molar-refractivity contribution < 1.29 is 5.11 Å². The molecule has 0 aromatic carbocycles. The number of hydrogen-bond acceptors (Lipinski definition) is 3. The summed E-state index contributed by atoms with van der Waals surface area (Å²) in [5.74, 6) is 5.96. The molecule has 0 radical (unpaired) electrons. The molecule has 1 aliphatic carbocycles. The minimum atomic E-state index is -1.02. The summed E-state index contributed by atoms with van der Waals surface area (Å²) in [6, 6.07) is 0. The van der Waals surface area contributed by atoms with Crippen LogP contribution in [0.1, 0.15) is 32.6 Å². The first kappa shape index (κ1) is 12.4. The first-order valence-electron chi connectivity index (χ1n) is 5.79. The van der Waals surface area contributed by atoms with Crippen molar-refractivity contribution in [2.24, 2.45) is 0 Å². The van der Waals surface area contributed by atoms with Crippen LogP contribution in [0.4, 0.5) is 0 Å².